The monoisotopic (exact) mass is 381 g/mol. The fourth-order valence-electron chi connectivity index (χ4n) is 3.59. The van der Waals surface area contributed by atoms with Crippen molar-refractivity contribution in [1.82, 2.24) is 14.9 Å². The van der Waals surface area contributed by atoms with E-state index in [-0.39, 0.29) is 5.91 Å². The van der Waals surface area contributed by atoms with Gasteiger partial charge >= 0.3 is 0 Å². The highest BCUT2D eigenvalue weighted by atomic mass is 16.2. The smallest absolute Gasteiger partial charge is 0.274 e. The van der Waals surface area contributed by atoms with E-state index < -0.39 is 0 Å². The van der Waals surface area contributed by atoms with Gasteiger partial charge in [0.15, 0.2) is 0 Å². The van der Waals surface area contributed by atoms with Crippen LogP contribution >= 0.6 is 0 Å². The molecule has 0 unspecified atom stereocenters. The van der Waals surface area contributed by atoms with Crippen LogP contribution in [0.5, 0.6) is 0 Å². The summed E-state index contributed by atoms with van der Waals surface area (Å²) in [6, 6.07) is 6.36. The Kier molecular flexibility index (Phi) is 6.49. The molecule has 1 aliphatic rings. The van der Waals surface area contributed by atoms with Crippen LogP contribution in [0.3, 0.4) is 0 Å². The third-order valence-electron chi connectivity index (χ3n) is 5.54. The third kappa shape index (κ3) is 4.61. The van der Waals surface area contributed by atoms with Gasteiger partial charge in [-0.05, 0) is 63.3 Å². The summed E-state index contributed by atoms with van der Waals surface area (Å²) in [6.45, 7) is 12.2. The van der Waals surface area contributed by atoms with Crippen molar-refractivity contribution in [3.05, 3.63) is 41.9 Å². The Labute approximate surface area is 168 Å². The summed E-state index contributed by atoms with van der Waals surface area (Å²) >= 11 is 0. The molecule has 1 N–H and O–H groups in total. The minimum atomic E-state index is -0.0225. The Morgan fingerprint density at radius 3 is 2.46 bits per heavy atom. The van der Waals surface area contributed by atoms with Gasteiger partial charge in [0.2, 0.25) is 0 Å². The van der Waals surface area contributed by atoms with Gasteiger partial charge in [-0.1, -0.05) is 6.92 Å². The second-order valence-electron chi connectivity index (χ2n) is 7.56. The molecule has 2 aromatic rings. The summed E-state index contributed by atoms with van der Waals surface area (Å²) in [5.74, 6) is 1.31. The Hall–Kier alpha value is -2.63. The van der Waals surface area contributed by atoms with Crippen LogP contribution in [0.2, 0.25) is 0 Å². The Morgan fingerprint density at radius 1 is 1.18 bits per heavy atom. The second kappa shape index (κ2) is 9.04. The number of hydrogen-bond donors (Lipinski definition) is 1. The lowest BCUT2D eigenvalue weighted by molar-refractivity contribution is 0.0691. The maximum Gasteiger partial charge on any atom is 0.274 e. The number of aromatic nitrogens is 2. The molecule has 1 aromatic heterocycles. The number of carbonyl (C=O) groups excluding carboxylic acids is 1. The molecule has 6 heteroatoms. The number of anilines is 3. The Balaban J connectivity index is 1.66. The van der Waals surface area contributed by atoms with E-state index in [9.17, 15) is 4.79 Å². The third-order valence-corrected chi connectivity index (χ3v) is 5.54. The number of amides is 1. The van der Waals surface area contributed by atoms with E-state index in [2.05, 4.69) is 66.1 Å². The molecular formula is C22H31N5O. The van der Waals surface area contributed by atoms with Crippen molar-refractivity contribution in [2.75, 3.05) is 36.4 Å². The number of benzene rings is 1. The highest BCUT2D eigenvalue weighted by Crippen LogP contribution is 2.25. The molecule has 1 fully saturated rings. The number of carbonyl (C=O) groups is 1. The molecule has 150 valence electrons. The van der Waals surface area contributed by atoms with Crippen molar-refractivity contribution in [1.29, 1.82) is 0 Å². The minimum absolute atomic E-state index is 0.0225. The zero-order valence-electron chi connectivity index (χ0n) is 17.4. The first kappa shape index (κ1) is 20.1. The van der Waals surface area contributed by atoms with Gasteiger partial charge in [-0.25, -0.2) is 9.97 Å². The van der Waals surface area contributed by atoms with Crippen LogP contribution in [0.25, 0.3) is 0 Å². The van der Waals surface area contributed by atoms with Crippen LogP contribution in [0.1, 0.15) is 49.7 Å². The number of hydrogen-bond acceptors (Lipinski definition) is 5. The van der Waals surface area contributed by atoms with Gasteiger partial charge < -0.3 is 15.1 Å². The van der Waals surface area contributed by atoms with Gasteiger partial charge in [-0.2, -0.15) is 0 Å². The lowest BCUT2D eigenvalue weighted by Gasteiger charge is -2.29. The number of nitrogens with one attached hydrogen (secondary N) is 1. The average molecular weight is 382 g/mol. The van der Waals surface area contributed by atoms with Crippen molar-refractivity contribution in [3.63, 3.8) is 0 Å². The summed E-state index contributed by atoms with van der Waals surface area (Å²) in [5.41, 5.74) is 3.77. The van der Waals surface area contributed by atoms with Crippen LogP contribution in [0.4, 0.5) is 17.2 Å². The lowest BCUT2D eigenvalue weighted by Crippen LogP contribution is -2.38. The number of likely N-dealkylation sites (tertiary alicyclic amines) is 1. The van der Waals surface area contributed by atoms with Gasteiger partial charge in [0, 0.05) is 37.6 Å². The molecule has 1 aromatic carbocycles. The summed E-state index contributed by atoms with van der Waals surface area (Å²) in [6.07, 6.45) is 5.32. The molecule has 28 heavy (non-hydrogen) atoms. The van der Waals surface area contributed by atoms with E-state index in [1.807, 2.05) is 4.90 Å². The number of aryl methyl sites for hydroxylation is 1. The quantitative estimate of drug-likeness (QED) is 0.811. The zero-order valence-corrected chi connectivity index (χ0v) is 17.4. The topological polar surface area (TPSA) is 61.4 Å². The highest BCUT2D eigenvalue weighted by Gasteiger charge is 2.22. The molecule has 0 saturated carbocycles. The summed E-state index contributed by atoms with van der Waals surface area (Å²) in [4.78, 5) is 25.5. The average Bonchev–Trinajstić information content (AvgIpc) is 2.71. The Morgan fingerprint density at radius 2 is 1.89 bits per heavy atom. The van der Waals surface area contributed by atoms with Crippen LogP contribution in [-0.2, 0) is 0 Å². The van der Waals surface area contributed by atoms with Crippen molar-refractivity contribution in [2.24, 2.45) is 5.92 Å². The number of nitrogens with zero attached hydrogens (tertiary/aromatic N) is 4. The zero-order chi connectivity index (χ0) is 20.1. The molecule has 6 nitrogen and oxygen atoms in total. The molecular weight excluding hydrogens is 350 g/mol. The van der Waals surface area contributed by atoms with Gasteiger partial charge in [0.05, 0.1) is 12.4 Å². The van der Waals surface area contributed by atoms with E-state index in [0.717, 1.165) is 50.3 Å². The predicted molar refractivity (Wildman–Crippen MR) is 114 cm³/mol. The van der Waals surface area contributed by atoms with E-state index in [1.165, 1.54) is 5.69 Å². The number of rotatable bonds is 6. The van der Waals surface area contributed by atoms with Crippen LogP contribution in [0, 0.1) is 12.8 Å². The van der Waals surface area contributed by atoms with E-state index in [1.54, 1.807) is 12.4 Å². The maximum atomic E-state index is 12.6. The predicted octanol–water partition coefficient (Wildman–Crippen LogP) is 4.25. The fraction of sp³-hybridized carbons (Fsp3) is 0.500. The lowest BCUT2D eigenvalue weighted by atomic mass is 9.99. The first-order valence-corrected chi connectivity index (χ1v) is 10.3. The number of piperidine rings is 1. The van der Waals surface area contributed by atoms with Crippen LogP contribution in [-0.4, -0.2) is 47.0 Å². The SMILES string of the molecule is CCN(CC)c1ccc(Nc2cnc(C(=O)N3CCC(C)CC3)cn2)c(C)c1. The van der Waals surface area contributed by atoms with Gasteiger partial charge in [-0.3, -0.25) is 4.79 Å². The molecule has 1 aliphatic heterocycles. The van der Waals surface area contributed by atoms with Crippen LogP contribution in [0.15, 0.2) is 30.6 Å². The molecule has 1 amide bonds. The Bertz CT molecular complexity index is 793. The summed E-state index contributed by atoms with van der Waals surface area (Å²) < 4.78 is 0. The summed E-state index contributed by atoms with van der Waals surface area (Å²) in [7, 11) is 0. The van der Waals surface area contributed by atoms with Crippen LogP contribution < -0.4 is 10.2 Å². The largest absolute Gasteiger partial charge is 0.372 e. The molecule has 0 aliphatic carbocycles. The molecule has 1 saturated heterocycles. The molecule has 3 rings (SSSR count). The van der Waals surface area contributed by atoms with Gasteiger partial charge in [-0.15, -0.1) is 0 Å². The minimum Gasteiger partial charge on any atom is -0.372 e. The fourth-order valence-corrected chi connectivity index (χ4v) is 3.59. The normalized spacial score (nSPS) is 14.8. The van der Waals surface area contributed by atoms with Crippen molar-refractivity contribution >= 4 is 23.1 Å². The molecule has 2 heterocycles. The van der Waals surface area contributed by atoms with E-state index in [4.69, 9.17) is 0 Å². The maximum absolute atomic E-state index is 12.6. The van der Waals surface area contributed by atoms with Crippen molar-refractivity contribution in [3.8, 4) is 0 Å². The van der Waals surface area contributed by atoms with Crippen molar-refractivity contribution in [2.45, 2.75) is 40.5 Å². The molecule has 0 spiro atoms. The van der Waals surface area contributed by atoms with Crippen molar-refractivity contribution < 1.29 is 4.79 Å². The van der Waals surface area contributed by atoms with Gasteiger partial charge in [0.1, 0.15) is 11.5 Å². The second-order valence-corrected chi connectivity index (χ2v) is 7.56. The van der Waals surface area contributed by atoms with Gasteiger partial charge in [0.25, 0.3) is 5.91 Å². The molecule has 0 bridgehead atoms. The first-order valence-electron chi connectivity index (χ1n) is 10.3. The molecule has 0 radical (unpaired) electrons. The standard InChI is InChI=1S/C22H31N5O/c1-5-26(6-2)18-7-8-19(17(4)13-18)25-21-15-23-20(14-24-21)22(28)27-11-9-16(3)10-12-27/h7-8,13-16H,5-6,9-12H2,1-4H3,(H,24,25). The highest BCUT2D eigenvalue weighted by molar-refractivity contribution is 5.92. The van der Waals surface area contributed by atoms with E-state index in [0.29, 0.717) is 17.4 Å². The molecule has 0 atom stereocenters. The summed E-state index contributed by atoms with van der Waals surface area (Å²) in [5, 5.41) is 3.31. The van der Waals surface area contributed by atoms with E-state index >= 15 is 0 Å². The first-order chi connectivity index (χ1) is 13.5.